The highest BCUT2D eigenvalue weighted by Gasteiger charge is 2.24. The molecule has 0 fully saturated rings. The van der Waals surface area contributed by atoms with Crippen LogP contribution in [0.3, 0.4) is 0 Å². The van der Waals surface area contributed by atoms with Gasteiger partial charge < -0.3 is 4.90 Å². The maximum absolute atomic E-state index is 13.0. The van der Waals surface area contributed by atoms with Crippen molar-refractivity contribution in [3.05, 3.63) is 114 Å². The van der Waals surface area contributed by atoms with Crippen molar-refractivity contribution in [2.45, 2.75) is 6.04 Å². The van der Waals surface area contributed by atoms with Crippen molar-refractivity contribution >= 4 is 12.0 Å². The lowest BCUT2D eigenvalue weighted by molar-refractivity contribution is -0.126. The zero-order chi connectivity index (χ0) is 18.9. The summed E-state index contributed by atoms with van der Waals surface area (Å²) in [5.74, 6) is 2.52. The van der Waals surface area contributed by atoms with E-state index in [2.05, 4.69) is 5.92 Å². The summed E-state index contributed by atoms with van der Waals surface area (Å²) in [5, 5.41) is 0. The van der Waals surface area contributed by atoms with E-state index in [-0.39, 0.29) is 18.5 Å². The number of nitrogens with zero attached hydrogens (tertiary/aromatic N) is 1. The maximum atomic E-state index is 13.0. The third-order valence-corrected chi connectivity index (χ3v) is 4.30. The Hall–Kier alpha value is -3.57. The second-order valence-corrected chi connectivity index (χ2v) is 6.14. The van der Waals surface area contributed by atoms with Gasteiger partial charge in [-0.15, -0.1) is 6.42 Å². The molecule has 0 unspecified atom stereocenters. The molecule has 0 spiro atoms. The van der Waals surface area contributed by atoms with Gasteiger partial charge in [-0.1, -0.05) is 96.9 Å². The zero-order valence-corrected chi connectivity index (χ0v) is 15.0. The Kier molecular flexibility index (Phi) is 6.22. The Morgan fingerprint density at radius 2 is 1.33 bits per heavy atom. The molecule has 3 rings (SSSR count). The van der Waals surface area contributed by atoms with Crippen LogP contribution < -0.4 is 0 Å². The van der Waals surface area contributed by atoms with Crippen molar-refractivity contribution in [1.29, 1.82) is 0 Å². The van der Waals surface area contributed by atoms with Gasteiger partial charge in [0.1, 0.15) is 0 Å². The fraction of sp³-hybridized carbons (Fsp3) is 0.0800. The molecule has 0 N–H and O–H groups in total. The van der Waals surface area contributed by atoms with Crippen LogP contribution in [0.1, 0.15) is 22.7 Å². The minimum Gasteiger partial charge on any atom is -0.317 e. The van der Waals surface area contributed by atoms with Crippen molar-refractivity contribution in [3.8, 4) is 12.3 Å². The summed E-state index contributed by atoms with van der Waals surface area (Å²) in [5.41, 5.74) is 3.03. The first kappa shape index (κ1) is 18.2. The molecular weight excluding hydrogens is 330 g/mol. The van der Waals surface area contributed by atoms with E-state index in [1.807, 2.05) is 97.1 Å². The summed E-state index contributed by atoms with van der Waals surface area (Å²) in [6.45, 7) is 0.229. The van der Waals surface area contributed by atoms with E-state index >= 15 is 0 Å². The molecule has 3 aromatic rings. The molecule has 27 heavy (non-hydrogen) atoms. The van der Waals surface area contributed by atoms with Gasteiger partial charge in [0.25, 0.3) is 0 Å². The van der Waals surface area contributed by atoms with Gasteiger partial charge in [-0.3, -0.25) is 4.79 Å². The molecule has 0 aliphatic rings. The Morgan fingerprint density at radius 1 is 0.852 bits per heavy atom. The third kappa shape index (κ3) is 4.74. The Labute approximate surface area is 160 Å². The maximum Gasteiger partial charge on any atom is 0.248 e. The Bertz CT molecular complexity index is 885. The number of terminal acetylenes is 1. The van der Waals surface area contributed by atoms with Crippen LogP contribution >= 0.6 is 0 Å². The highest BCUT2D eigenvalue weighted by Crippen LogP contribution is 2.28. The van der Waals surface area contributed by atoms with E-state index in [1.165, 1.54) is 0 Å². The van der Waals surface area contributed by atoms with Gasteiger partial charge in [0, 0.05) is 6.08 Å². The van der Waals surface area contributed by atoms with Gasteiger partial charge in [0.05, 0.1) is 12.6 Å². The molecule has 0 atom stereocenters. The summed E-state index contributed by atoms with van der Waals surface area (Å²) in [4.78, 5) is 14.8. The van der Waals surface area contributed by atoms with E-state index in [0.717, 1.165) is 16.7 Å². The van der Waals surface area contributed by atoms with E-state index < -0.39 is 0 Å². The minimum absolute atomic E-state index is 0.116. The van der Waals surface area contributed by atoms with Crippen molar-refractivity contribution in [1.82, 2.24) is 4.90 Å². The Morgan fingerprint density at radius 3 is 1.81 bits per heavy atom. The van der Waals surface area contributed by atoms with Crippen molar-refractivity contribution in [3.63, 3.8) is 0 Å². The monoisotopic (exact) mass is 351 g/mol. The molecule has 2 nitrogen and oxygen atoms in total. The molecule has 0 saturated carbocycles. The van der Waals surface area contributed by atoms with Crippen molar-refractivity contribution in [2.75, 3.05) is 6.54 Å². The van der Waals surface area contributed by atoms with Crippen LogP contribution in [0.4, 0.5) is 0 Å². The molecule has 1 amide bonds. The number of hydrogen-bond donors (Lipinski definition) is 0. The van der Waals surface area contributed by atoms with Crippen LogP contribution in [-0.2, 0) is 4.79 Å². The fourth-order valence-corrected chi connectivity index (χ4v) is 3.05. The number of carbonyl (C=O) groups excluding carboxylic acids is 1. The van der Waals surface area contributed by atoms with Crippen LogP contribution in [0.15, 0.2) is 97.1 Å². The smallest absolute Gasteiger partial charge is 0.248 e. The predicted molar refractivity (Wildman–Crippen MR) is 111 cm³/mol. The SMILES string of the molecule is C#CCN(C(=O)/C=C/c1ccccc1)C(c1ccccc1)c1ccccc1. The number of amides is 1. The second-order valence-electron chi connectivity index (χ2n) is 6.14. The average molecular weight is 351 g/mol. The first-order valence-corrected chi connectivity index (χ1v) is 8.86. The first-order chi connectivity index (χ1) is 13.3. The summed E-state index contributed by atoms with van der Waals surface area (Å²) in [6.07, 6.45) is 9.01. The summed E-state index contributed by atoms with van der Waals surface area (Å²) in [7, 11) is 0. The van der Waals surface area contributed by atoms with E-state index in [1.54, 1.807) is 11.0 Å². The van der Waals surface area contributed by atoms with Crippen LogP contribution in [0.2, 0.25) is 0 Å². The van der Waals surface area contributed by atoms with Crippen LogP contribution in [0.25, 0.3) is 6.08 Å². The lowest BCUT2D eigenvalue weighted by Gasteiger charge is -2.30. The number of rotatable bonds is 6. The van der Waals surface area contributed by atoms with E-state index in [4.69, 9.17) is 6.42 Å². The fourth-order valence-electron chi connectivity index (χ4n) is 3.05. The molecule has 132 valence electrons. The summed E-state index contributed by atoms with van der Waals surface area (Å²) >= 11 is 0. The molecule has 3 aromatic carbocycles. The lowest BCUT2D eigenvalue weighted by Crippen LogP contribution is -2.34. The topological polar surface area (TPSA) is 20.3 Å². The second kappa shape index (κ2) is 9.22. The number of benzene rings is 3. The molecule has 0 heterocycles. The van der Waals surface area contributed by atoms with Gasteiger partial charge in [-0.05, 0) is 22.8 Å². The highest BCUT2D eigenvalue weighted by molar-refractivity contribution is 5.92. The summed E-state index contributed by atoms with van der Waals surface area (Å²) < 4.78 is 0. The Balaban J connectivity index is 1.97. The molecule has 0 aliphatic heterocycles. The number of carbonyl (C=O) groups is 1. The average Bonchev–Trinajstić information content (AvgIpc) is 2.74. The third-order valence-electron chi connectivity index (χ3n) is 4.30. The van der Waals surface area contributed by atoms with Gasteiger partial charge in [0.15, 0.2) is 0 Å². The lowest BCUT2D eigenvalue weighted by atomic mass is 9.96. The highest BCUT2D eigenvalue weighted by atomic mass is 16.2. The van der Waals surface area contributed by atoms with Gasteiger partial charge >= 0.3 is 0 Å². The predicted octanol–water partition coefficient (Wildman–Crippen LogP) is 4.95. The minimum atomic E-state index is -0.239. The molecule has 2 heteroatoms. The van der Waals surface area contributed by atoms with Gasteiger partial charge in [0.2, 0.25) is 5.91 Å². The molecular formula is C25H21NO. The molecule has 0 saturated heterocycles. The number of hydrogen-bond acceptors (Lipinski definition) is 1. The van der Waals surface area contributed by atoms with E-state index in [0.29, 0.717) is 0 Å². The first-order valence-electron chi connectivity index (χ1n) is 8.86. The molecule has 0 radical (unpaired) electrons. The summed E-state index contributed by atoms with van der Waals surface area (Å²) in [6, 6.07) is 29.4. The van der Waals surface area contributed by atoms with Gasteiger partial charge in [-0.25, -0.2) is 0 Å². The standard InChI is InChI=1S/C25H21NO/c1-2-20-26(24(27)19-18-21-12-6-3-7-13-21)25(22-14-8-4-9-15-22)23-16-10-5-11-17-23/h1,3-19,25H,20H2/b19-18+. The quantitative estimate of drug-likeness (QED) is 0.454. The molecule has 0 bridgehead atoms. The molecule has 0 aromatic heterocycles. The van der Waals surface area contributed by atoms with Crippen LogP contribution in [0.5, 0.6) is 0 Å². The molecule has 0 aliphatic carbocycles. The van der Waals surface area contributed by atoms with Crippen LogP contribution in [-0.4, -0.2) is 17.4 Å². The van der Waals surface area contributed by atoms with Crippen molar-refractivity contribution < 1.29 is 4.79 Å². The van der Waals surface area contributed by atoms with Gasteiger partial charge in [-0.2, -0.15) is 0 Å². The zero-order valence-electron chi connectivity index (χ0n) is 15.0. The van der Waals surface area contributed by atoms with E-state index in [9.17, 15) is 4.79 Å². The van der Waals surface area contributed by atoms with Crippen LogP contribution in [0, 0.1) is 12.3 Å². The van der Waals surface area contributed by atoms with Crippen molar-refractivity contribution in [2.24, 2.45) is 0 Å². The normalized spacial score (nSPS) is 10.7. The largest absolute Gasteiger partial charge is 0.317 e.